The van der Waals surface area contributed by atoms with Gasteiger partial charge in [0.1, 0.15) is 6.10 Å². The van der Waals surface area contributed by atoms with Crippen molar-refractivity contribution in [3.8, 4) is 0 Å². The second-order valence-corrected chi connectivity index (χ2v) is 4.67. The fourth-order valence-corrected chi connectivity index (χ4v) is 2.10. The number of nitrogens with zero attached hydrogens (tertiary/aromatic N) is 2. The number of hydrogen-bond acceptors (Lipinski definition) is 5. The van der Waals surface area contributed by atoms with E-state index in [1.165, 1.54) is 0 Å². The molecule has 0 bridgehead atoms. The highest BCUT2D eigenvalue weighted by atomic mass is 19.2. The molecule has 0 spiro atoms. The number of rotatable bonds is 4. The molecular formula is C13H12F3N3O2. The largest absolute Gasteiger partial charge is 0.405 e. The molecule has 2 heterocycles. The van der Waals surface area contributed by atoms with Crippen LogP contribution in [0.3, 0.4) is 0 Å². The van der Waals surface area contributed by atoms with Crippen LogP contribution in [0, 0.1) is 17.5 Å². The Morgan fingerprint density at radius 1 is 1.19 bits per heavy atom. The first-order valence-corrected chi connectivity index (χ1v) is 6.46. The van der Waals surface area contributed by atoms with E-state index in [9.17, 15) is 13.2 Å². The summed E-state index contributed by atoms with van der Waals surface area (Å²) >= 11 is 0. The lowest BCUT2D eigenvalue weighted by Gasteiger charge is -2.04. The highest BCUT2D eigenvalue weighted by Crippen LogP contribution is 2.28. The molecule has 0 amide bonds. The van der Waals surface area contributed by atoms with Gasteiger partial charge in [0, 0.05) is 13.2 Å². The molecule has 5 nitrogen and oxygen atoms in total. The molecule has 1 atom stereocenters. The molecule has 0 radical (unpaired) electrons. The molecular weight excluding hydrogens is 287 g/mol. The third-order valence-electron chi connectivity index (χ3n) is 3.13. The molecule has 1 saturated heterocycles. The van der Waals surface area contributed by atoms with Crippen molar-refractivity contribution in [2.45, 2.75) is 25.5 Å². The minimum absolute atomic E-state index is 0.0290. The van der Waals surface area contributed by atoms with Gasteiger partial charge < -0.3 is 14.5 Å². The topological polar surface area (TPSA) is 60.2 Å². The summed E-state index contributed by atoms with van der Waals surface area (Å²) in [6.45, 7) is 0.686. The number of anilines is 1. The van der Waals surface area contributed by atoms with Crippen LogP contribution < -0.4 is 5.32 Å². The van der Waals surface area contributed by atoms with Crippen LogP contribution in [0.1, 0.15) is 30.4 Å². The summed E-state index contributed by atoms with van der Waals surface area (Å²) < 4.78 is 49.7. The van der Waals surface area contributed by atoms with Gasteiger partial charge in [0.25, 0.3) is 0 Å². The van der Waals surface area contributed by atoms with Gasteiger partial charge >= 0.3 is 6.01 Å². The van der Waals surface area contributed by atoms with Gasteiger partial charge in [-0.2, -0.15) is 0 Å². The molecule has 8 heteroatoms. The molecule has 1 fully saturated rings. The molecule has 1 aliphatic rings. The van der Waals surface area contributed by atoms with Gasteiger partial charge in [0.15, 0.2) is 17.5 Å². The maximum Gasteiger partial charge on any atom is 0.315 e. The third-order valence-corrected chi connectivity index (χ3v) is 3.13. The van der Waals surface area contributed by atoms with Gasteiger partial charge in [-0.15, -0.1) is 5.10 Å². The zero-order valence-electron chi connectivity index (χ0n) is 10.9. The molecule has 0 unspecified atom stereocenters. The van der Waals surface area contributed by atoms with Crippen LogP contribution in [0.15, 0.2) is 16.5 Å². The van der Waals surface area contributed by atoms with Crippen LogP contribution in [-0.2, 0) is 11.3 Å². The van der Waals surface area contributed by atoms with E-state index in [-0.39, 0.29) is 24.2 Å². The lowest BCUT2D eigenvalue weighted by Crippen LogP contribution is -2.02. The minimum atomic E-state index is -1.49. The summed E-state index contributed by atoms with van der Waals surface area (Å²) in [4.78, 5) is 0. The molecule has 3 rings (SSSR count). The van der Waals surface area contributed by atoms with Gasteiger partial charge in [-0.25, -0.2) is 13.2 Å². The first-order valence-electron chi connectivity index (χ1n) is 6.46. The second-order valence-electron chi connectivity index (χ2n) is 4.67. The molecule has 1 aliphatic heterocycles. The van der Waals surface area contributed by atoms with Crippen LogP contribution in [0.25, 0.3) is 0 Å². The third kappa shape index (κ3) is 2.99. The van der Waals surface area contributed by atoms with E-state index in [1.807, 2.05) is 0 Å². The van der Waals surface area contributed by atoms with Crippen molar-refractivity contribution in [2.75, 3.05) is 11.9 Å². The molecule has 1 aromatic heterocycles. The van der Waals surface area contributed by atoms with E-state index in [0.29, 0.717) is 12.5 Å². The van der Waals surface area contributed by atoms with Crippen LogP contribution in [0.5, 0.6) is 0 Å². The number of aromatic nitrogens is 2. The highest BCUT2D eigenvalue weighted by molar-refractivity contribution is 5.25. The molecule has 0 aliphatic carbocycles. The van der Waals surface area contributed by atoms with E-state index >= 15 is 0 Å². The highest BCUT2D eigenvalue weighted by Gasteiger charge is 2.23. The van der Waals surface area contributed by atoms with Crippen LogP contribution >= 0.6 is 0 Å². The molecule has 112 valence electrons. The van der Waals surface area contributed by atoms with Gasteiger partial charge in [-0.1, -0.05) is 5.10 Å². The maximum atomic E-state index is 13.1. The van der Waals surface area contributed by atoms with Crippen molar-refractivity contribution in [1.82, 2.24) is 10.2 Å². The fraction of sp³-hybridized carbons (Fsp3) is 0.385. The van der Waals surface area contributed by atoms with Crippen molar-refractivity contribution < 1.29 is 22.3 Å². The average molecular weight is 299 g/mol. The van der Waals surface area contributed by atoms with E-state index in [1.54, 1.807) is 0 Å². The number of hydrogen-bond donors (Lipinski definition) is 1. The maximum absolute atomic E-state index is 13.1. The first-order chi connectivity index (χ1) is 10.1. The predicted molar refractivity (Wildman–Crippen MR) is 65.9 cm³/mol. The minimum Gasteiger partial charge on any atom is -0.405 e. The van der Waals surface area contributed by atoms with E-state index in [2.05, 4.69) is 15.5 Å². The van der Waals surface area contributed by atoms with E-state index in [4.69, 9.17) is 9.15 Å². The van der Waals surface area contributed by atoms with E-state index < -0.39 is 17.5 Å². The van der Waals surface area contributed by atoms with Gasteiger partial charge in [-0.05, 0) is 30.5 Å². The lowest BCUT2D eigenvalue weighted by molar-refractivity contribution is 0.0897. The van der Waals surface area contributed by atoms with Crippen molar-refractivity contribution in [1.29, 1.82) is 0 Å². The monoisotopic (exact) mass is 299 g/mol. The van der Waals surface area contributed by atoms with Crippen molar-refractivity contribution in [2.24, 2.45) is 0 Å². The smallest absolute Gasteiger partial charge is 0.315 e. The van der Waals surface area contributed by atoms with Crippen molar-refractivity contribution in [3.63, 3.8) is 0 Å². The molecule has 2 aromatic rings. The predicted octanol–water partition coefficient (Wildman–Crippen LogP) is 2.95. The quantitative estimate of drug-likeness (QED) is 0.880. The number of ether oxygens (including phenoxy) is 1. The zero-order chi connectivity index (χ0) is 14.8. The number of halogens is 3. The lowest BCUT2D eigenvalue weighted by atomic mass is 10.2. The second kappa shape index (κ2) is 5.72. The first kappa shape index (κ1) is 13.9. The standard InChI is InChI=1S/C13H12F3N3O2/c14-8-4-7(5-9(15)11(8)16)6-17-13-19-18-12(21-13)10-2-1-3-20-10/h4-5,10H,1-3,6H2,(H,17,19)/t10-/m1/s1. The SMILES string of the molecule is Fc1cc(CNc2nnc([C@H]3CCCO3)o2)cc(F)c1F. The van der Waals surface area contributed by atoms with Crippen molar-refractivity contribution >= 4 is 6.01 Å². The molecule has 0 saturated carbocycles. The van der Waals surface area contributed by atoms with Crippen LogP contribution in [0.4, 0.5) is 19.2 Å². The Hall–Kier alpha value is -2.09. The Labute approximate surface area is 118 Å². The Morgan fingerprint density at radius 2 is 1.95 bits per heavy atom. The summed E-state index contributed by atoms with van der Waals surface area (Å²) in [6.07, 6.45) is 1.55. The van der Waals surface area contributed by atoms with Gasteiger partial charge in [0.2, 0.25) is 5.89 Å². The van der Waals surface area contributed by atoms with Gasteiger partial charge in [-0.3, -0.25) is 0 Å². The summed E-state index contributed by atoms with van der Waals surface area (Å²) in [5, 5.41) is 10.3. The summed E-state index contributed by atoms with van der Waals surface area (Å²) in [5.41, 5.74) is 0.225. The number of nitrogens with one attached hydrogen (secondary N) is 1. The Balaban J connectivity index is 1.65. The number of benzene rings is 1. The molecule has 1 N–H and O–H groups in total. The molecule has 21 heavy (non-hydrogen) atoms. The Kier molecular flexibility index (Phi) is 3.78. The van der Waals surface area contributed by atoms with Crippen LogP contribution in [0.2, 0.25) is 0 Å². The van der Waals surface area contributed by atoms with E-state index in [0.717, 1.165) is 25.0 Å². The summed E-state index contributed by atoms with van der Waals surface area (Å²) in [6, 6.07) is 1.93. The Morgan fingerprint density at radius 3 is 2.62 bits per heavy atom. The zero-order valence-corrected chi connectivity index (χ0v) is 10.9. The Bertz CT molecular complexity index is 618. The average Bonchev–Trinajstić information content (AvgIpc) is 3.12. The van der Waals surface area contributed by atoms with Crippen molar-refractivity contribution in [3.05, 3.63) is 41.0 Å². The van der Waals surface area contributed by atoms with Gasteiger partial charge in [0.05, 0.1) is 0 Å². The molecule has 1 aromatic carbocycles. The summed E-state index contributed by atoms with van der Waals surface area (Å²) in [7, 11) is 0. The summed E-state index contributed by atoms with van der Waals surface area (Å²) in [5.74, 6) is -3.60. The van der Waals surface area contributed by atoms with Crippen LogP contribution in [-0.4, -0.2) is 16.8 Å². The normalized spacial score (nSPS) is 18.1. The fourth-order valence-electron chi connectivity index (χ4n) is 2.10.